The molecule has 1 aromatic rings. The van der Waals surface area contributed by atoms with Crippen LogP contribution in [0.2, 0.25) is 0 Å². The number of aryl methyl sites for hydroxylation is 2. The second kappa shape index (κ2) is 7.41. The number of carboxylic acids is 1. The Morgan fingerprint density at radius 1 is 1.30 bits per heavy atom. The van der Waals surface area contributed by atoms with Crippen molar-refractivity contribution in [3.8, 4) is 0 Å². The van der Waals surface area contributed by atoms with Gasteiger partial charge in [0.25, 0.3) is 0 Å². The molecule has 20 heavy (non-hydrogen) atoms. The third kappa shape index (κ3) is 4.94. The van der Waals surface area contributed by atoms with Crippen LogP contribution < -0.4 is 5.32 Å². The Morgan fingerprint density at radius 3 is 2.45 bits per heavy atom. The van der Waals surface area contributed by atoms with Gasteiger partial charge in [0.15, 0.2) is 0 Å². The van der Waals surface area contributed by atoms with Crippen molar-refractivity contribution in [2.24, 2.45) is 0 Å². The fourth-order valence-electron chi connectivity index (χ4n) is 2.41. The third-order valence-corrected chi connectivity index (χ3v) is 3.34. The van der Waals surface area contributed by atoms with E-state index in [4.69, 9.17) is 5.11 Å². The Balaban J connectivity index is 2.90. The summed E-state index contributed by atoms with van der Waals surface area (Å²) in [6.07, 6.45) is -0.244. The van der Waals surface area contributed by atoms with Gasteiger partial charge in [-0.15, -0.1) is 0 Å². The maximum Gasteiger partial charge on any atom is 0.303 e. The molecule has 0 aliphatic carbocycles. The minimum absolute atomic E-state index is 0.0480. The number of nitrogens with one attached hydrogen (secondary N) is 1. The van der Waals surface area contributed by atoms with Crippen molar-refractivity contribution in [1.29, 1.82) is 0 Å². The lowest BCUT2D eigenvalue weighted by Crippen LogP contribution is -2.40. The molecule has 2 atom stereocenters. The number of carboxylic acid groups (broad SMARTS) is 1. The Kier molecular flexibility index (Phi) is 6.17. The Hall–Kier alpha value is -1.39. The zero-order valence-corrected chi connectivity index (χ0v) is 12.7. The van der Waals surface area contributed by atoms with Crippen LogP contribution >= 0.6 is 0 Å². The fraction of sp³-hybridized carbons (Fsp3) is 0.562. The standard InChI is InChI=1S/C16H25NO3/c1-10(2)17-14(7-8-15(18)19)16(20)13-6-5-11(3)9-12(13)4/h5-6,9-10,14,16-17,20H,7-8H2,1-4H3,(H,18,19). The van der Waals surface area contributed by atoms with E-state index in [1.54, 1.807) is 0 Å². The van der Waals surface area contributed by atoms with Crippen LogP contribution in [0.1, 0.15) is 49.5 Å². The molecule has 0 heterocycles. The molecular weight excluding hydrogens is 254 g/mol. The second-order valence-corrected chi connectivity index (χ2v) is 5.67. The van der Waals surface area contributed by atoms with E-state index in [0.29, 0.717) is 6.42 Å². The lowest BCUT2D eigenvalue weighted by molar-refractivity contribution is -0.137. The van der Waals surface area contributed by atoms with Gasteiger partial charge in [0.1, 0.15) is 0 Å². The SMILES string of the molecule is Cc1ccc(C(O)C(CCC(=O)O)NC(C)C)c(C)c1. The summed E-state index contributed by atoms with van der Waals surface area (Å²) >= 11 is 0. The maximum absolute atomic E-state index is 10.8. The van der Waals surface area contributed by atoms with E-state index < -0.39 is 12.1 Å². The number of hydrogen-bond acceptors (Lipinski definition) is 3. The molecular formula is C16H25NO3. The van der Waals surface area contributed by atoms with Gasteiger partial charge in [-0.2, -0.15) is 0 Å². The number of aliphatic hydroxyl groups is 1. The summed E-state index contributed by atoms with van der Waals surface area (Å²) in [7, 11) is 0. The summed E-state index contributed by atoms with van der Waals surface area (Å²) in [5.41, 5.74) is 3.04. The fourth-order valence-corrected chi connectivity index (χ4v) is 2.41. The van der Waals surface area contributed by atoms with Gasteiger partial charge in [0.05, 0.1) is 6.10 Å². The van der Waals surface area contributed by atoms with E-state index in [2.05, 4.69) is 5.32 Å². The monoisotopic (exact) mass is 279 g/mol. The summed E-state index contributed by atoms with van der Waals surface area (Å²) in [5, 5.41) is 22.7. The number of hydrogen-bond donors (Lipinski definition) is 3. The van der Waals surface area contributed by atoms with Crippen molar-refractivity contribution in [2.45, 2.75) is 58.7 Å². The molecule has 4 heteroatoms. The van der Waals surface area contributed by atoms with Crippen molar-refractivity contribution < 1.29 is 15.0 Å². The van der Waals surface area contributed by atoms with E-state index in [1.165, 1.54) is 0 Å². The summed E-state index contributed by atoms with van der Waals surface area (Å²) in [4.78, 5) is 10.8. The first-order chi connectivity index (χ1) is 9.31. The van der Waals surface area contributed by atoms with Gasteiger partial charge in [-0.1, -0.05) is 37.6 Å². The number of carbonyl (C=O) groups is 1. The highest BCUT2D eigenvalue weighted by Crippen LogP contribution is 2.24. The number of aliphatic carboxylic acids is 1. The van der Waals surface area contributed by atoms with Gasteiger partial charge >= 0.3 is 5.97 Å². The predicted octanol–water partition coefficient (Wildman–Crippen LogP) is 2.57. The highest BCUT2D eigenvalue weighted by Gasteiger charge is 2.23. The van der Waals surface area contributed by atoms with Crippen LogP contribution in [0.5, 0.6) is 0 Å². The summed E-state index contributed by atoms with van der Waals surface area (Å²) in [6.45, 7) is 7.96. The molecule has 2 unspecified atom stereocenters. The van der Waals surface area contributed by atoms with Crippen molar-refractivity contribution in [3.63, 3.8) is 0 Å². The largest absolute Gasteiger partial charge is 0.481 e. The van der Waals surface area contributed by atoms with Gasteiger partial charge in [0.2, 0.25) is 0 Å². The predicted molar refractivity (Wildman–Crippen MR) is 79.8 cm³/mol. The molecule has 1 rings (SSSR count). The molecule has 0 bridgehead atoms. The van der Waals surface area contributed by atoms with Gasteiger partial charge in [-0.3, -0.25) is 4.79 Å². The minimum atomic E-state index is -0.839. The lowest BCUT2D eigenvalue weighted by Gasteiger charge is -2.27. The van der Waals surface area contributed by atoms with Crippen molar-refractivity contribution in [1.82, 2.24) is 5.32 Å². The second-order valence-electron chi connectivity index (χ2n) is 5.67. The quantitative estimate of drug-likeness (QED) is 0.717. The first-order valence-electron chi connectivity index (χ1n) is 7.04. The Morgan fingerprint density at radius 2 is 1.95 bits per heavy atom. The first kappa shape index (κ1) is 16.7. The Labute approximate surface area is 120 Å². The average molecular weight is 279 g/mol. The van der Waals surface area contributed by atoms with Crippen LogP contribution in [0.25, 0.3) is 0 Å². The minimum Gasteiger partial charge on any atom is -0.481 e. The molecule has 0 aliphatic heterocycles. The molecule has 0 saturated heterocycles. The topological polar surface area (TPSA) is 69.6 Å². The highest BCUT2D eigenvalue weighted by atomic mass is 16.4. The summed E-state index contributed by atoms with van der Waals surface area (Å²) < 4.78 is 0. The number of rotatable bonds is 7. The molecule has 0 aliphatic rings. The van der Waals surface area contributed by atoms with Gasteiger partial charge < -0.3 is 15.5 Å². The van der Waals surface area contributed by atoms with Crippen LogP contribution in [0.15, 0.2) is 18.2 Å². The lowest BCUT2D eigenvalue weighted by atomic mass is 9.93. The molecule has 0 fully saturated rings. The van der Waals surface area contributed by atoms with E-state index in [0.717, 1.165) is 16.7 Å². The van der Waals surface area contributed by atoms with Gasteiger partial charge in [-0.05, 0) is 31.4 Å². The third-order valence-electron chi connectivity index (χ3n) is 3.34. The van der Waals surface area contributed by atoms with Gasteiger partial charge in [0, 0.05) is 18.5 Å². The van der Waals surface area contributed by atoms with Gasteiger partial charge in [-0.25, -0.2) is 0 Å². The molecule has 4 nitrogen and oxygen atoms in total. The van der Waals surface area contributed by atoms with Crippen molar-refractivity contribution >= 4 is 5.97 Å². The average Bonchev–Trinajstić information content (AvgIpc) is 2.33. The molecule has 3 N–H and O–H groups in total. The first-order valence-corrected chi connectivity index (χ1v) is 7.04. The van der Waals surface area contributed by atoms with E-state index in [9.17, 15) is 9.90 Å². The number of aliphatic hydroxyl groups excluding tert-OH is 1. The molecule has 0 aromatic heterocycles. The van der Waals surface area contributed by atoms with Crippen LogP contribution in [-0.2, 0) is 4.79 Å². The molecule has 1 aromatic carbocycles. The maximum atomic E-state index is 10.8. The summed E-state index contributed by atoms with van der Waals surface area (Å²) in [6, 6.07) is 5.85. The van der Waals surface area contributed by atoms with Crippen molar-refractivity contribution in [2.75, 3.05) is 0 Å². The zero-order chi connectivity index (χ0) is 15.3. The smallest absolute Gasteiger partial charge is 0.303 e. The highest BCUT2D eigenvalue weighted by molar-refractivity contribution is 5.66. The normalized spacial score (nSPS) is 14.3. The molecule has 0 saturated carbocycles. The van der Waals surface area contributed by atoms with Crippen LogP contribution in [0.3, 0.4) is 0 Å². The van der Waals surface area contributed by atoms with E-state index in [1.807, 2.05) is 45.9 Å². The molecule has 112 valence electrons. The molecule has 0 spiro atoms. The van der Waals surface area contributed by atoms with E-state index in [-0.39, 0.29) is 18.5 Å². The van der Waals surface area contributed by atoms with Crippen LogP contribution in [0, 0.1) is 13.8 Å². The van der Waals surface area contributed by atoms with Crippen LogP contribution in [0.4, 0.5) is 0 Å². The zero-order valence-electron chi connectivity index (χ0n) is 12.7. The molecule has 0 radical (unpaired) electrons. The Bertz CT molecular complexity index is 457. The van der Waals surface area contributed by atoms with Crippen molar-refractivity contribution in [3.05, 3.63) is 34.9 Å². The molecule has 0 amide bonds. The van der Waals surface area contributed by atoms with Crippen LogP contribution in [-0.4, -0.2) is 28.3 Å². The van der Waals surface area contributed by atoms with E-state index >= 15 is 0 Å². The summed E-state index contributed by atoms with van der Waals surface area (Å²) in [5.74, 6) is -0.839. The number of benzene rings is 1.